The number of rotatable bonds is 7. The molecule has 0 unspecified atom stereocenters. The van der Waals surface area contributed by atoms with Gasteiger partial charge in [-0.05, 0) is 43.5 Å². The van der Waals surface area contributed by atoms with Crippen LogP contribution in [-0.2, 0) is 11.3 Å². The van der Waals surface area contributed by atoms with Crippen LogP contribution in [0.5, 0.6) is 0 Å². The van der Waals surface area contributed by atoms with Crippen molar-refractivity contribution in [2.75, 3.05) is 5.75 Å². The van der Waals surface area contributed by atoms with E-state index in [0.29, 0.717) is 23.4 Å². The molecule has 1 aliphatic rings. The lowest BCUT2D eigenvalue weighted by Crippen LogP contribution is -2.41. The quantitative estimate of drug-likeness (QED) is 0.479. The largest absolute Gasteiger partial charge is 0.469 e. The molecule has 0 bridgehead atoms. The molecule has 0 radical (unpaired) electrons. The van der Waals surface area contributed by atoms with Crippen LogP contribution in [0.4, 0.5) is 4.39 Å². The number of aromatic nitrogens is 2. The third kappa shape index (κ3) is 4.92. The first-order valence-corrected chi connectivity index (χ1v) is 11.1. The second kappa shape index (κ2) is 9.47. The summed E-state index contributed by atoms with van der Waals surface area (Å²) in [5.74, 6) is 1.05. The molecule has 3 aromatic rings. The lowest BCUT2D eigenvalue weighted by Gasteiger charge is -2.34. The van der Waals surface area contributed by atoms with Crippen molar-refractivity contribution in [2.24, 2.45) is 0 Å². The minimum absolute atomic E-state index is 0.0236. The van der Waals surface area contributed by atoms with Gasteiger partial charge in [-0.25, -0.2) is 4.39 Å². The molecule has 1 aliphatic carbocycles. The van der Waals surface area contributed by atoms with Crippen LogP contribution in [-0.4, -0.2) is 32.8 Å². The highest BCUT2D eigenvalue weighted by Crippen LogP contribution is 2.28. The van der Waals surface area contributed by atoms with E-state index < -0.39 is 0 Å². The summed E-state index contributed by atoms with van der Waals surface area (Å²) in [5, 5.41) is 8.44. The maximum atomic E-state index is 13.3. The summed E-state index contributed by atoms with van der Waals surface area (Å²) >= 11 is 1.24. The number of furan rings is 1. The lowest BCUT2D eigenvalue weighted by molar-refractivity contribution is -0.132. The van der Waals surface area contributed by atoms with Crippen LogP contribution in [0.25, 0.3) is 11.5 Å². The topological polar surface area (TPSA) is 72.4 Å². The van der Waals surface area contributed by atoms with Crippen molar-refractivity contribution in [2.45, 2.75) is 56.8 Å². The van der Waals surface area contributed by atoms with Gasteiger partial charge in [-0.3, -0.25) is 4.79 Å². The van der Waals surface area contributed by atoms with E-state index in [-0.39, 0.29) is 23.5 Å². The van der Waals surface area contributed by atoms with Crippen molar-refractivity contribution in [3.8, 4) is 11.5 Å². The molecule has 1 saturated carbocycles. The molecule has 2 aromatic heterocycles. The minimum atomic E-state index is -0.273. The average molecular weight is 430 g/mol. The van der Waals surface area contributed by atoms with Crippen molar-refractivity contribution in [1.29, 1.82) is 0 Å². The fourth-order valence-electron chi connectivity index (χ4n) is 3.79. The van der Waals surface area contributed by atoms with Crippen LogP contribution in [0.3, 0.4) is 0 Å². The van der Waals surface area contributed by atoms with E-state index in [4.69, 9.17) is 8.83 Å². The van der Waals surface area contributed by atoms with Crippen molar-refractivity contribution in [1.82, 2.24) is 15.1 Å². The van der Waals surface area contributed by atoms with E-state index in [1.165, 1.54) is 30.3 Å². The summed E-state index contributed by atoms with van der Waals surface area (Å²) in [6.45, 7) is 2.31. The van der Waals surface area contributed by atoms with Crippen LogP contribution < -0.4 is 0 Å². The van der Waals surface area contributed by atoms with Gasteiger partial charge in [-0.2, -0.15) is 0 Å². The highest BCUT2D eigenvalue weighted by molar-refractivity contribution is 7.99. The van der Waals surface area contributed by atoms with Crippen molar-refractivity contribution >= 4 is 17.7 Å². The Balaban J connectivity index is 1.43. The number of amides is 1. The zero-order chi connectivity index (χ0) is 20.9. The normalized spacial score (nSPS) is 14.7. The molecular formula is C22H24FN3O3S. The number of hydrogen-bond donors (Lipinski definition) is 0. The standard InChI is InChI=1S/C22H24FN3O3S/c1-15-19(11-12-28-15)21-24-25-22(29-21)30-14-20(27)26(18-5-3-2-4-6-18)13-16-7-9-17(23)10-8-16/h7-12,18H,2-6,13-14H2,1H3. The predicted molar refractivity (Wildman–Crippen MR) is 111 cm³/mol. The second-order valence-electron chi connectivity index (χ2n) is 7.49. The molecule has 1 aromatic carbocycles. The van der Waals surface area contributed by atoms with Crippen LogP contribution in [0.2, 0.25) is 0 Å². The maximum absolute atomic E-state index is 13.3. The highest BCUT2D eigenvalue weighted by Gasteiger charge is 2.26. The molecular weight excluding hydrogens is 405 g/mol. The summed E-state index contributed by atoms with van der Waals surface area (Å²) in [6.07, 6.45) is 7.04. The summed E-state index contributed by atoms with van der Waals surface area (Å²) in [5.41, 5.74) is 1.68. The second-order valence-corrected chi connectivity index (χ2v) is 8.42. The third-order valence-electron chi connectivity index (χ3n) is 5.42. The van der Waals surface area contributed by atoms with Gasteiger partial charge in [0.25, 0.3) is 11.1 Å². The van der Waals surface area contributed by atoms with Gasteiger partial charge in [0.05, 0.1) is 17.6 Å². The van der Waals surface area contributed by atoms with Gasteiger partial charge in [0, 0.05) is 12.6 Å². The van der Waals surface area contributed by atoms with Gasteiger partial charge >= 0.3 is 0 Å². The molecule has 1 fully saturated rings. The fraction of sp³-hybridized carbons (Fsp3) is 0.409. The molecule has 158 valence electrons. The zero-order valence-electron chi connectivity index (χ0n) is 16.8. The number of carbonyl (C=O) groups excluding carboxylic acids is 1. The number of hydrogen-bond acceptors (Lipinski definition) is 6. The molecule has 0 saturated heterocycles. The number of benzene rings is 1. The molecule has 6 nitrogen and oxygen atoms in total. The Hall–Kier alpha value is -2.61. The third-order valence-corrected chi connectivity index (χ3v) is 6.22. The summed E-state index contributed by atoms with van der Waals surface area (Å²) < 4.78 is 24.2. The molecule has 30 heavy (non-hydrogen) atoms. The molecule has 4 rings (SSSR count). The first kappa shape index (κ1) is 20.7. The Labute approximate surface area is 178 Å². The van der Waals surface area contributed by atoms with Gasteiger partial charge in [0.1, 0.15) is 11.6 Å². The van der Waals surface area contributed by atoms with Crippen LogP contribution in [0, 0.1) is 12.7 Å². The van der Waals surface area contributed by atoms with E-state index in [1.54, 1.807) is 24.5 Å². The van der Waals surface area contributed by atoms with Crippen molar-refractivity contribution < 1.29 is 18.0 Å². The van der Waals surface area contributed by atoms with Gasteiger partial charge < -0.3 is 13.7 Å². The Kier molecular flexibility index (Phi) is 6.52. The SMILES string of the molecule is Cc1occc1-c1nnc(SCC(=O)N(Cc2ccc(F)cc2)C2CCCCC2)o1. The molecule has 0 spiro atoms. The Bertz CT molecular complexity index is 980. The first-order valence-electron chi connectivity index (χ1n) is 10.1. The van der Waals surface area contributed by atoms with E-state index in [1.807, 2.05) is 11.8 Å². The zero-order valence-corrected chi connectivity index (χ0v) is 17.7. The van der Waals surface area contributed by atoms with Crippen LogP contribution in [0.15, 0.2) is 50.7 Å². The minimum Gasteiger partial charge on any atom is -0.469 e. The van der Waals surface area contributed by atoms with E-state index in [0.717, 1.165) is 36.8 Å². The lowest BCUT2D eigenvalue weighted by atomic mass is 9.94. The number of halogens is 1. The average Bonchev–Trinajstić information content (AvgIpc) is 3.41. The number of carbonyl (C=O) groups is 1. The highest BCUT2D eigenvalue weighted by atomic mass is 32.2. The smallest absolute Gasteiger partial charge is 0.277 e. The Morgan fingerprint density at radius 1 is 1.17 bits per heavy atom. The maximum Gasteiger partial charge on any atom is 0.277 e. The van der Waals surface area contributed by atoms with E-state index in [2.05, 4.69) is 10.2 Å². The van der Waals surface area contributed by atoms with Gasteiger partial charge in [0.15, 0.2) is 0 Å². The van der Waals surface area contributed by atoms with Gasteiger partial charge in [-0.1, -0.05) is 43.2 Å². The van der Waals surface area contributed by atoms with Gasteiger partial charge in [0.2, 0.25) is 5.91 Å². The Morgan fingerprint density at radius 2 is 1.93 bits per heavy atom. The summed E-state index contributed by atoms with van der Waals surface area (Å²) in [4.78, 5) is 15.0. The van der Waals surface area contributed by atoms with Crippen LogP contribution >= 0.6 is 11.8 Å². The number of thioether (sulfide) groups is 1. The molecule has 1 amide bonds. The van der Waals surface area contributed by atoms with Crippen molar-refractivity contribution in [3.63, 3.8) is 0 Å². The van der Waals surface area contributed by atoms with Crippen LogP contribution in [0.1, 0.15) is 43.4 Å². The van der Waals surface area contributed by atoms with Gasteiger partial charge in [-0.15, -0.1) is 10.2 Å². The fourth-order valence-corrected chi connectivity index (χ4v) is 4.44. The van der Waals surface area contributed by atoms with E-state index in [9.17, 15) is 9.18 Å². The monoisotopic (exact) mass is 429 g/mol. The molecule has 0 aliphatic heterocycles. The van der Waals surface area contributed by atoms with E-state index >= 15 is 0 Å². The molecule has 0 atom stereocenters. The summed E-state index contributed by atoms with van der Waals surface area (Å²) in [7, 11) is 0. The Morgan fingerprint density at radius 3 is 2.63 bits per heavy atom. The van der Waals surface area contributed by atoms with Crippen molar-refractivity contribution in [3.05, 3.63) is 53.7 Å². The molecule has 0 N–H and O–H groups in total. The first-order chi connectivity index (χ1) is 14.6. The molecule has 8 heteroatoms. The predicted octanol–water partition coefficient (Wildman–Crippen LogP) is 5.23. The summed E-state index contributed by atoms with van der Waals surface area (Å²) in [6, 6.07) is 8.34. The number of nitrogens with zero attached hydrogens (tertiary/aromatic N) is 3. The number of aryl methyl sites for hydroxylation is 1. The molecule has 2 heterocycles.